The molecule has 0 spiro atoms. The van der Waals surface area contributed by atoms with Crippen LogP contribution in [0.1, 0.15) is 36.9 Å². The summed E-state index contributed by atoms with van der Waals surface area (Å²) in [7, 11) is 0. The average molecular weight is 516 g/mol. The van der Waals surface area contributed by atoms with Gasteiger partial charge in [0.2, 0.25) is 5.91 Å². The monoisotopic (exact) mass is 514 g/mol. The number of carbonyl (C=O) groups is 1. The van der Waals surface area contributed by atoms with Crippen LogP contribution in [0.25, 0.3) is 16.9 Å². The lowest BCUT2D eigenvalue weighted by Gasteiger charge is -2.21. The van der Waals surface area contributed by atoms with Crippen LogP contribution in [0.3, 0.4) is 0 Å². The van der Waals surface area contributed by atoms with Gasteiger partial charge in [0.15, 0.2) is 12.0 Å². The van der Waals surface area contributed by atoms with Gasteiger partial charge >= 0.3 is 0 Å². The Balaban J connectivity index is 1.98. The van der Waals surface area contributed by atoms with E-state index in [4.69, 9.17) is 45.6 Å². The van der Waals surface area contributed by atoms with E-state index in [1.54, 1.807) is 35.0 Å². The Morgan fingerprint density at radius 1 is 1.15 bits per heavy atom. The van der Waals surface area contributed by atoms with Crippen molar-refractivity contribution in [2.24, 2.45) is 10.7 Å². The van der Waals surface area contributed by atoms with Crippen LogP contribution in [0.2, 0.25) is 15.1 Å². The molecule has 0 radical (unpaired) electrons. The van der Waals surface area contributed by atoms with Crippen LogP contribution in [0.4, 0.5) is 0 Å². The standard InChI is InChI=1S/C24H21Cl3N6O/c1-14-20(22(30-13-28)31-24(23(29)34)10-2-3-11-24)32-33(19-9-8-17(26)12-18(19)27)21(14)15-4-6-16(25)7-5-15/h4-9,12H,2-3,10-11H2,1H3,(H2,29,34)(H,30,31). The highest BCUT2D eigenvalue weighted by Crippen LogP contribution is 2.36. The smallest absolute Gasteiger partial charge is 0.245 e. The normalized spacial score (nSPS) is 15.2. The average Bonchev–Trinajstić information content (AvgIpc) is 3.40. The molecule has 1 aromatic heterocycles. The summed E-state index contributed by atoms with van der Waals surface area (Å²) >= 11 is 18.7. The number of amidine groups is 1. The van der Waals surface area contributed by atoms with Gasteiger partial charge in [0.05, 0.1) is 16.4 Å². The molecular weight excluding hydrogens is 495 g/mol. The van der Waals surface area contributed by atoms with Crippen molar-refractivity contribution in [1.82, 2.24) is 15.1 Å². The molecule has 0 atom stereocenters. The van der Waals surface area contributed by atoms with Gasteiger partial charge in [-0.3, -0.25) is 10.1 Å². The van der Waals surface area contributed by atoms with Crippen LogP contribution in [0, 0.1) is 18.4 Å². The number of nitrogens with one attached hydrogen (secondary N) is 1. The fourth-order valence-corrected chi connectivity index (χ4v) is 4.89. The Morgan fingerprint density at radius 2 is 1.79 bits per heavy atom. The summed E-state index contributed by atoms with van der Waals surface area (Å²) < 4.78 is 1.67. The van der Waals surface area contributed by atoms with Gasteiger partial charge in [0.25, 0.3) is 0 Å². The lowest BCUT2D eigenvalue weighted by molar-refractivity contribution is -0.122. The van der Waals surface area contributed by atoms with Crippen LogP contribution in [0.5, 0.6) is 0 Å². The molecule has 0 aliphatic heterocycles. The number of nitrogens with zero attached hydrogens (tertiary/aromatic N) is 4. The second-order valence-electron chi connectivity index (χ2n) is 8.14. The van der Waals surface area contributed by atoms with Gasteiger partial charge in [0.1, 0.15) is 11.2 Å². The van der Waals surface area contributed by atoms with Crippen LogP contribution in [-0.2, 0) is 4.79 Å². The van der Waals surface area contributed by atoms with Crippen LogP contribution < -0.4 is 11.1 Å². The molecule has 0 bridgehead atoms. The van der Waals surface area contributed by atoms with Crippen LogP contribution in [-0.4, -0.2) is 27.1 Å². The molecule has 1 fully saturated rings. The number of rotatable bonds is 5. The summed E-state index contributed by atoms with van der Waals surface area (Å²) in [5, 5.41) is 18.3. The molecule has 3 N–H and O–H groups in total. The number of aliphatic imine (C=N–C) groups is 1. The summed E-state index contributed by atoms with van der Waals surface area (Å²) in [6, 6.07) is 12.4. The molecule has 1 aliphatic rings. The molecule has 1 saturated carbocycles. The fraction of sp³-hybridized carbons (Fsp3) is 0.250. The Hall–Kier alpha value is -3.05. The first-order valence-corrected chi connectivity index (χ1v) is 11.8. The van der Waals surface area contributed by atoms with E-state index in [9.17, 15) is 10.1 Å². The van der Waals surface area contributed by atoms with Crippen LogP contribution in [0.15, 0.2) is 47.5 Å². The van der Waals surface area contributed by atoms with E-state index in [0.717, 1.165) is 29.7 Å². The van der Waals surface area contributed by atoms with Gasteiger partial charge in [-0.1, -0.05) is 59.8 Å². The zero-order valence-electron chi connectivity index (χ0n) is 18.3. The molecule has 0 saturated heterocycles. The van der Waals surface area contributed by atoms with E-state index >= 15 is 0 Å². The Bertz CT molecular complexity index is 1320. The van der Waals surface area contributed by atoms with Gasteiger partial charge < -0.3 is 5.73 Å². The van der Waals surface area contributed by atoms with Gasteiger partial charge in [-0.25, -0.2) is 9.67 Å². The third kappa shape index (κ3) is 4.49. The number of amides is 1. The van der Waals surface area contributed by atoms with Gasteiger partial charge in [-0.05, 0) is 50.1 Å². The summed E-state index contributed by atoms with van der Waals surface area (Å²) in [4.78, 5) is 17.0. The second-order valence-corrected chi connectivity index (χ2v) is 9.42. The zero-order chi connectivity index (χ0) is 24.5. The van der Waals surface area contributed by atoms with Crippen molar-refractivity contribution in [3.05, 3.63) is 68.8 Å². The van der Waals surface area contributed by atoms with E-state index < -0.39 is 11.4 Å². The van der Waals surface area contributed by atoms with E-state index in [2.05, 4.69) is 10.3 Å². The quantitative estimate of drug-likeness (QED) is 0.204. The predicted octanol–water partition coefficient (Wildman–Crippen LogP) is 5.42. The molecule has 174 valence electrons. The van der Waals surface area contributed by atoms with E-state index in [0.29, 0.717) is 39.3 Å². The SMILES string of the molecule is Cc1c(C(=NC2(C(N)=O)CCCC2)NC#N)nn(-c2ccc(Cl)cc2Cl)c1-c1ccc(Cl)cc1. The minimum Gasteiger partial charge on any atom is -0.368 e. The Kier molecular flexibility index (Phi) is 6.85. The molecule has 1 heterocycles. The first kappa shape index (κ1) is 24.1. The number of nitrogens with two attached hydrogens (primary N) is 1. The van der Waals surface area contributed by atoms with E-state index in [1.807, 2.05) is 25.2 Å². The zero-order valence-corrected chi connectivity index (χ0v) is 20.5. The third-order valence-electron chi connectivity index (χ3n) is 5.99. The number of hydrogen-bond donors (Lipinski definition) is 2. The van der Waals surface area contributed by atoms with Crippen molar-refractivity contribution in [2.75, 3.05) is 0 Å². The lowest BCUT2D eigenvalue weighted by atomic mass is 9.97. The highest BCUT2D eigenvalue weighted by atomic mass is 35.5. The summed E-state index contributed by atoms with van der Waals surface area (Å²) in [6.45, 7) is 1.87. The molecular formula is C24H21Cl3N6O. The van der Waals surface area contributed by atoms with Crippen LogP contribution >= 0.6 is 34.8 Å². The first-order chi connectivity index (χ1) is 16.3. The predicted molar refractivity (Wildman–Crippen MR) is 134 cm³/mol. The van der Waals surface area contributed by atoms with Crippen molar-refractivity contribution in [3.63, 3.8) is 0 Å². The molecule has 34 heavy (non-hydrogen) atoms. The molecule has 4 rings (SSSR count). The van der Waals surface area contributed by atoms with E-state index in [-0.39, 0.29) is 5.84 Å². The van der Waals surface area contributed by atoms with E-state index in [1.165, 1.54) is 0 Å². The first-order valence-electron chi connectivity index (χ1n) is 10.6. The topological polar surface area (TPSA) is 109 Å². The summed E-state index contributed by atoms with van der Waals surface area (Å²) in [5.41, 5.74) is 7.94. The summed E-state index contributed by atoms with van der Waals surface area (Å²) in [6.07, 6.45) is 4.61. The second kappa shape index (κ2) is 9.67. The number of nitriles is 1. The highest BCUT2D eigenvalue weighted by molar-refractivity contribution is 6.35. The van der Waals surface area contributed by atoms with Gasteiger partial charge in [-0.15, -0.1) is 0 Å². The molecule has 10 heteroatoms. The maximum absolute atomic E-state index is 12.3. The van der Waals surface area contributed by atoms with Crippen molar-refractivity contribution in [2.45, 2.75) is 38.1 Å². The van der Waals surface area contributed by atoms with Gasteiger partial charge in [0, 0.05) is 21.2 Å². The summed E-state index contributed by atoms with van der Waals surface area (Å²) in [5.74, 6) is -0.335. The molecule has 0 unspecified atom stereocenters. The molecule has 1 amide bonds. The fourth-order valence-electron chi connectivity index (χ4n) is 4.28. The maximum Gasteiger partial charge on any atom is 0.245 e. The van der Waals surface area contributed by atoms with Crippen molar-refractivity contribution in [3.8, 4) is 23.1 Å². The number of primary amides is 1. The number of halogens is 3. The highest BCUT2D eigenvalue weighted by Gasteiger charge is 2.40. The number of aromatic nitrogens is 2. The van der Waals surface area contributed by atoms with Crippen molar-refractivity contribution < 1.29 is 4.79 Å². The van der Waals surface area contributed by atoms with Crippen molar-refractivity contribution in [1.29, 1.82) is 5.26 Å². The Morgan fingerprint density at radius 3 is 2.38 bits per heavy atom. The third-order valence-corrected chi connectivity index (χ3v) is 6.78. The Labute approximate surface area is 212 Å². The number of hydrogen-bond acceptors (Lipinski definition) is 4. The minimum absolute atomic E-state index is 0.180. The number of carbonyl (C=O) groups excluding carboxylic acids is 1. The molecule has 7 nitrogen and oxygen atoms in total. The molecule has 3 aromatic rings. The van der Waals surface area contributed by atoms with Gasteiger partial charge in [-0.2, -0.15) is 10.4 Å². The minimum atomic E-state index is -1.08. The number of benzene rings is 2. The molecule has 1 aliphatic carbocycles. The maximum atomic E-state index is 12.3. The lowest BCUT2D eigenvalue weighted by Crippen LogP contribution is -2.42. The largest absolute Gasteiger partial charge is 0.368 e. The van der Waals surface area contributed by atoms with Crippen molar-refractivity contribution >= 4 is 46.5 Å². The molecule has 2 aromatic carbocycles.